The molecule has 0 N–H and O–H groups in total. The number of fused-ring (bicyclic) bond motifs is 1. The first-order chi connectivity index (χ1) is 7.74. The van der Waals surface area contributed by atoms with Crippen molar-refractivity contribution >= 4 is 0 Å². The molecule has 1 aromatic rings. The maximum absolute atomic E-state index is 8.97. The molecule has 16 heavy (non-hydrogen) atoms. The highest BCUT2D eigenvalue weighted by molar-refractivity contribution is 5.44. The fourth-order valence-corrected chi connectivity index (χ4v) is 2.59. The topological polar surface area (TPSA) is 33.0 Å². The zero-order chi connectivity index (χ0) is 11.2. The zero-order valence-corrected chi connectivity index (χ0v) is 9.49. The lowest BCUT2D eigenvalue weighted by Crippen LogP contribution is -2.11. The van der Waals surface area contributed by atoms with Crippen molar-refractivity contribution < 1.29 is 4.74 Å². The Morgan fingerprint density at radius 2 is 2.38 bits per heavy atom. The van der Waals surface area contributed by atoms with Crippen molar-refractivity contribution in [1.82, 2.24) is 0 Å². The second-order valence-electron chi connectivity index (χ2n) is 5.08. The van der Waals surface area contributed by atoms with E-state index in [1.807, 2.05) is 0 Å². The number of rotatable bonds is 1. The van der Waals surface area contributed by atoms with Crippen LogP contribution >= 0.6 is 0 Å². The van der Waals surface area contributed by atoms with Crippen molar-refractivity contribution in [2.75, 3.05) is 6.61 Å². The van der Waals surface area contributed by atoms with Gasteiger partial charge in [0, 0.05) is 5.41 Å². The SMILES string of the molecule is CC1(c2ccc3c(c2)CCCO3)CC1C#N. The molecule has 1 aliphatic heterocycles. The number of benzene rings is 1. The Bertz CT molecular complexity index is 474. The molecule has 82 valence electrons. The molecule has 0 aromatic heterocycles. The van der Waals surface area contributed by atoms with Gasteiger partial charge in [0.15, 0.2) is 0 Å². The minimum absolute atomic E-state index is 0.0984. The van der Waals surface area contributed by atoms with Crippen LogP contribution in [0.5, 0.6) is 5.75 Å². The Morgan fingerprint density at radius 1 is 1.50 bits per heavy atom. The quantitative estimate of drug-likeness (QED) is 0.718. The summed E-state index contributed by atoms with van der Waals surface area (Å²) in [4.78, 5) is 0. The van der Waals surface area contributed by atoms with Crippen LogP contribution in [0.2, 0.25) is 0 Å². The lowest BCUT2D eigenvalue weighted by atomic mass is 9.92. The van der Waals surface area contributed by atoms with E-state index in [1.54, 1.807) is 0 Å². The van der Waals surface area contributed by atoms with Gasteiger partial charge < -0.3 is 4.74 Å². The smallest absolute Gasteiger partial charge is 0.122 e. The number of nitriles is 1. The molecule has 1 aromatic carbocycles. The molecule has 0 amide bonds. The van der Waals surface area contributed by atoms with Gasteiger partial charge in [-0.3, -0.25) is 0 Å². The maximum atomic E-state index is 8.97. The third-order valence-corrected chi connectivity index (χ3v) is 3.96. The van der Waals surface area contributed by atoms with E-state index >= 15 is 0 Å². The summed E-state index contributed by atoms with van der Waals surface area (Å²) in [5, 5.41) is 8.97. The molecule has 1 fully saturated rings. The molecular formula is C14H15NO. The van der Waals surface area contributed by atoms with Gasteiger partial charge in [-0.15, -0.1) is 0 Å². The summed E-state index contributed by atoms with van der Waals surface area (Å²) >= 11 is 0. The molecule has 1 saturated carbocycles. The van der Waals surface area contributed by atoms with E-state index in [1.165, 1.54) is 11.1 Å². The molecule has 1 aliphatic carbocycles. The first-order valence-electron chi connectivity index (χ1n) is 5.90. The molecule has 0 bridgehead atoms. The highest BCUT2D eigenvalue weighted by atomic mass is 16.5. The van der Waals surface area contributed by atoms with Gasteiger partial charge >= 0.3 is 0 Å². The molecule has 0 spiro atoms. The number of hydrogen-bond acceptors (Lipinski definition) is 2. The maximum Gasteiger partial charge on any atom is 0.122 e. The first-order valence-corrected chi connectivity index (χ1v) is 5.90. The number of ether oxygens (including phenoxy) is 1. The van der Waals surface area contributed by atoms with Crippen LogP contribution in [0.15, 0.2) is 18.2 Å². The van der Waals surface area contributed by atoms with Gasteiger partial charge in [-0.05, 0) is 36.5 Å². The molecule has 2 atom stereocenters. The van der Waals surface area contributed by atoms with Crippen molar-refractivity contribution in [3.8, 4) is 11.8 Å². The molecule has 2 nitrogen and oxygen atoms in total. The van der Waals surface area contributed by atoms with Crippen molar-refractivity contribution in [1.29, 1.82) is 5.26 Å². The van der Waals surface area contributed by atoms with Crippen molar-refractivity contribution in [3.63, 3.8) is 0 Å². The fourth-order valence-electron chi connectivity index (χ4n) is 2.59. The van der Waals surface area contributed by atoms with Gasteiger partial charge in [0.05, 0.1) is 18.6 Å². The molecule has 0 radical (unpaired) electrons. The minimum Gasteiger partial charge on any atom is -0.493 e. The van der Waals surface area contributed by atoms with Gasteiger partial charge in [0.2, 0.25) is 0 Å². The van der Waals surface area contributed by atoms with Crippen LogP contribution in [0.25, 0.3) is 0 Å². The Hall–Kier alpha value is -1.49. The van der Waals surface area contributed by atoms with E-state index in [9.17, 15) is 0 Å². The Labute approximate surface area is 95.8 Å². The Balaban J connectivity index is 1.96. The predicted octanol–water partition coefficient (Wildman–Crippen LogP) is 2.81. The molecule has 2 heteroatoms. The van der Waals surface area contributed by atoms with Crippen LogP contribution in [0.4, 0.5) is 0 Å². The Kier molecular flexibility index (Phi) is 1.97. The van der Waals surface area contributed by atoms with Gasteiger partial charge in [-0.1, -0.05) is 19.1 Å². The summed E-state index contributed by atoms with van der Waals surface area (Å²) in [5.74, 6) is 1.24. The van der Waals surface area contributed by atoms with Crippen molar-refractivity contribution in [2.45, 2.75) is 31.6 Å². The summed E-state index contributed by atoms with van der Waals surface area (Å²) in [7, 11) is 0. The molecular weight excluding hydrogens is 198 g/mol. The minimum atomic E-state index is 0.0984. The average Bonchev–Trinajstić information content (AvgIpc) is 3.01. The van der Waals surface area contributed by atoms with Crippen molar-refractivity contribution in [2.24, 2.45) is 5.92 Å². The summed E-state index contributed by atoms with van der Waals surface area (Å²) in [6.45, 7) is 3.02. The average molecular weight is 213 g/mol. The van der Waals surface area contributed by atoms with E-state index in [-0.39, 0.29) is 11.3 Å². The Morgan fingerprint density at radius 3 is 3.12 bits per heavy atom. The van der Waals surface area contributed by atoms with Crippen LogP contribution in [0, 0.1) is 17.2 Å². The highest BCUT2D eigenvalue weighted by Crippen LogP contribution is 2.54. The molecule has 3 rings (SSSR count). The molecule has 1 heterocycles. The first kappa shape index (κ1) is 9.72. The fraction of sp³-hybridized carbons (Fsp3) is 0.500. The van der Waals surface area contributed by atoms with Gasteiger partial charge in [-0.2, -0.15) is 5.26 Å². The highest BCUT2D eigenvalue weighted by Gasteiger charge is 2.51. The van der Waals surface area contributed by atoms with Crippen LogP contribution in [0.3, 0.4) is 0 Å². The van der Waals surface area contributed by atoms with E-state index in [2.05, 4.69) is 31.2 Å². The zero-order valence-electron chi connectivity index (χ0n) is 9.49. The van der Waals surface area contributed by atoms with E-state index < -0.39 is 0 Å². The second-order valence-corrected chi connectivity index (χ2v) is 5.08. The monoisotopic (exact) mass is 213 g/mol. The van der Waals surface area contributed by atoms with Crippen LogP contribution in [-0.4, -0.2) is 6.61 Å². The summed E-state index contributed by atoms with van der Waals surface area (Å²) in [6.07, 6.45) is 3.22. The van der Waals surface area contributed by atoms with Crippen LogP contribution in [-0.2, 0) is 11.8 Å². The number of aryl methyl sites for hydroxylation is 1. The predicted molar refractivity (Wildman–Crippen MR) is 61.3 cm³/mol. The van der Waals surface area contributed by atoms with Crippen LogP contribution in [0.1, 0.15) is 30.9 Å². The lowest BCUT2D eigenvalue weighted by Gasteiger charge is -2.19. The third kappa shape index (κ3) is 1.31. The second kappa shape index (κ2) is 3.25. The van der Waals surface area contributed by atoms with Gasteiger partial charge in [0.1, 0.15) is 5.75 Å². The molecule has 0 saturated heterocycles. The van der Waals surface area contributed by atoms with Crippen molar-refractivity contribution in [3.05, 3.63) is 29.3 Å². The molecule has 2 aliphatic rings. The van der Waals surface area contributed by atoms with Gasteiger partial charge in [0.25, 0.3) is 0 Å². The summed E-state index contributed by atoms with van der Waals surface area (Å²) in [6, 6.07) is 8.82. The third-order valence-electron chi connectivity index (χ3n) is 3.96. The van der Waals surface area contributed by atoms with E-state index in [4.69, 9.17) is 10.00 Å². The normalized spacial score (nSPS) is 31.1. The van der Waals surface area contributed by atoms with Crippen LogP contribution < -0.4 is 4.74 Å². The largest absolute Gasteiger partial charge is 0.493 e. The molecule has 2 unspecified atom stereocenters. The van der Waals surface area contributed by atoms with Gasteiger partial charge in [-0.25, -0.2) is 0 Å². The lowest BCUT2D eigenvalue weighted by molar-refractivity contribution is 0.288. The van der Waals surface area contributed by atoms with E-state index in [0.717, 1.165) is 31.6 Å². The summed E-state index contributed by atoms with van der Waals surface area (Å²) in [5.41, 5.74) is 2.72. The number of nitrogens with zero attached hydrogens (tertiary/aromatic N) is 1. The standard InChI is InChI=1S/C14H15NO/c1-14(8-12(14)9-15)11-4-5-13-10(7-11)3-2-6-16-13/h4-5,7,12H,2-3,6,8H2,1H3. The summed E-state index contributed by atoms with van der Waals surface area (Å²) < 4.78 is 5.60. The van der Waals surface area contributed by atoms with E-state index in [0.29, 0.717) is 0 Å². The number of hydrogen-bond donors (Lipinski definition) is 0.